The van der Waals surface area contributed by atoms with E-state index in [2.05, 4.69) is 4.99 Å². The fourth-order valence-electron chi connectivity index (χ4n) is 1.82. The van der Waals surface area contributed by atoms with Gasteiger partial charge in [-0.05, 0) is 48.7 Å². The van der Waals surface area contributed by atoms with E-state index >= 15 is 0 Å². The molecule has 3 heteroatoms. The fraction of sp³-hybridized carbons (Fsp3) is 0.357. The van der Waals surface area contributed by atoms with Crippen LogP contribution in [0.25, 0.3) is 0 Å². The van der Waals surface area contributed by atoms with Crippen molar-refractivity contribution in [2.24, 2.45) is 4.99 Å². The minimum Gasteiger partial charge on any atom is -0.513 e. The number of ether oxygens (including phenoxy) is 1. The Bertz CT molecular complexity index is 420. The van der Waals surface area contributed by atoms with Crippen molar-refractivity contribution in [3.05, 3.63) is 41.7 Å². The molecule has 0 radical (unpaired) electrons. The van der Waals surface area contributed by atoms with Crippen LogP contribution in [-0.4, -0.2) is 24.5 Å². The molecule has 1 unspecified atom stereocenters. The zero-order chi connectivity index (χ0) is 12.1. The molecule has 0 heterocycles. The molecule has 1 aromatic carbocycles. The van der Waals surface area contributed by atoms with Crippen molar-refractivity contribution in [1.82, 2.24) is 0 Å². The summed E-state index contributed by atoms with van der Waals surface area (Å²) in [6.45, 7) is 0. The highest BCUT2D eigenvalue weighted by Crippen LogP contribution is 2.18. The van der Waals surface area contributed by atoms with Gasteiger partial charge in [0.1, 0.15) is 5.75 Å². The van der Waals surface area contributed by atoms with Crippen molar-refractivity contribution in [2.45, 2.75) is 25.3 Å². The van der Waals surface area contributed by atoms with Gasteiger partial charge in [-0.25, -0.2) is 0 Å². The van der Waals surface area contributed by atoms with Crippen LogP contribution in [0.5, 0.6) is 5.75 Å². The molecular weight excluding hydrogens is 214 g/mol. The lowest BCUT2D eigenvalue weighted by molar-refractivity contribution is 0.359. The summed E-state index contributed by atoms with van der Waals surface area (Å²) in [6.07, 6.45) is 6.25. The van der Waals surface area contributed by atoms with Crippen LogP contribution in [0, 0.1) is 0 Å². The number of methoxy groups -OCH3 is 1. The largest absolute Gasteiger partial charge is 0.513 e. The molecular formula is C14H17NO2. The van der Waals surface area contributed by atoms with E-state index in [0.29, 0.717) is 11.8 Å². The van der Waals surface area contributed by atoms with Crippen LogP contribution in [-0.2, 0) is 0 Å². The predicted octanol–water partition coefficient (Wildman–Crippen LogP) is 3.11. The molecule has 0 amide bonds. The topological polar surface area (TPSA) is 41.8 Å². The van der Waals surface area contributed by atoms with E-state index in [-0.39, 0.29) is 0 Å². The van der Waals surface area contributed by atoms with E-state index < -0.39 is 0 Å². The molecule has 1 N–H and O–H groups in total. The number of rotatable bonds is 3. The summed E-state index contributed by atoms with van der Waals surface area (Å²) in [5, 5.41) is 9.27. The van der Waals surface area contributed by atoms with Crippen molar-refractivity contribution in [3.63, 3.8) is 0 Å². The zero-order valence-electron chi connectivity index (χ0n) is 9.97. The standard InChI is InChI=1S/C14H17NO2/c1-17-14-8-2-11(3-9-14)10-15-12-4-6-13(16)7-5-12/h2-3,6,8-10,12,16H,4-5,7H2,1H3. The van der Waals surface area contributed by atoms with Crippen LogP contribution in [0.4, 0.5) is 0 Å². The Morgan fingerprint density at radius 1 is 1.35 bits per heavy atom. The lowest BCUT2D eigenvalue weighted by Crippen LogP contribution is -2.09. The van der Waals surface area contributed by atoms with Gasteiger partial charge in [0.15, 0.2) is 0 Å². The summed E-state index contributed by atoms with van der Waals surface area (Å²) in [5.41, 5.74) is 1.07. The van der Waals surface area contributed by atoms with Crippen LogP contribution in [0.15, 0.2) is 41.1 Å². The van der Waals surface area contributed by atoms with Gasteiger partial charge in [0.25, 0.3) is 0 Å². The van der Waals surface area contributed by atoms with E-state index in [0.717, 1.165) is 30.6 Å². The zero-order valence-corrected chi connectivity index (χ0v) is 9.97. The Morgan fingerprint density at radius 2 is 2.12 bits per heavy atom. The smallest absolute Gasteiger partial charge is 0.118 e. The number of hydrogen-bond donors (Lipinski definition) is 1. The Labute approximate surface area is 101 Å². The molecule has 90 valence electrons. The molecule has 1 atom stereocenters. The van der Waals surface area contributed by atoms with Crippen LogP contribution >= 0.6 is 0 Å². The second-order valence-electron chi connectivity index (χ2n) is 4.17. The molecule has 3 nitrogen and oxygen atoms in total. The maximum atomic E-state index is 9.27. The molecule has 1 aromatic rings. The highest BCUT2D eigenvalue weighted by atomic mass is 16.5. The Hall–Kier alpha value is -1.77. The highest BCUT2D eigenvalue weighted by Gasteiger charge is 2.11. The summed E-state index contributed by atoms with van der Waals surface area (Å²) in [4.78, 5) is 4.52. The molecule has 0 aromatic heterocycles. The van der Waals surface area contributed by atoms with Gasteiger partial charge in [-0.1, -0.05) is 0 Å². The quantitative estimate of drug-likeness (QED) is 0.812. The molecule has 0 spiro atoms. The molecule has 0 saturated heterocycles. The minimum absolute atomic E-state index is 0.299. The second kappa shape index (κ2) is 5.53. The number of nitrogens with zero attached hydrogens (tertiary/aromatic N) is 1. The van der Waals surface area contributed by atoms with Gasteiger partial charge in [0, 0.05) is 12.6 Å². The second-order valence-corrected chi connectivity index (χ2v) is 4.17. The first-order valence-corrected chi connectivity index (χ1v) is 5.83. The number of aliphatic imine (C=N–C) groups is 1. The SMILES string of the molecule is COc1ccc(C=NC2CC=C(O)CC2)cc1. The third kappa shape index (κ3) is 3.34. The van der Waals surface area contributed by atoms with Crippen LogP contribution < -0.4 is 4.74 Å². The van der Waals surface area contributed by atoms with Crippen molar-refractivity contribution in [1.29, 1.82) is 0 Å². The number of hydrogen-bond acceptors (Lipinski definition) is 3. The lowest BCUT2D eigenvalue weighted by Gasteiger charge is -2.14. The van der Waals surface area contributed by atoms with Gasteiger partial charge in [-0.2, -0.15) is 0 Å². The molecule has 1 aliphatic rings. The molecule has 1 aliphatic carbocycles. The fourth-order valence-corrected chi connectivity index (χ4v) is 1.82. The Balaban J connectivity index is 1.95. The van der Waals surface area contributed by atoms with Gasteiger partial charge >= 0.3 is 0 Å². The van der Waals surface area contributed by atoms with Gasteiger partial charge in [0.2, 0.25) is 0 Å². The number of benzene rings is 1. The van der Waals surface area contributed by atoms with E-state index in [4.69, 9.17) is 4.74 Å². The summed E-state index contributed by atoms with van der Waals surface area (Å²) in [6, 6.07) is 8.12. The summed E-state index contributed by atoms with van der Waals surface area (Å²) >= 11 is 0. The van der Waals surface area contributed by atoms with E-state index in [9.17, 15) is 5.11 Å². The first-order valence-electron chi connectivity index (χ1n) is 5.83. The van der Waals surface area contributed by atoms with Crippen molar-refractivity contribution >= 4 is 6.21 Å². The van der Waals surface area contributed by atoms with E-state index in [1.54, 1.807) is 7.11 Å². The maximum Gasteiger partial charge on any atom is 0.118 e. The van der Waals surface area contributed by atoms with E-state index in [1.165, 1.54) is 0 Å². The predicted molar refractivity (Wildman–Crippen MR) is 68.9 cm³/mol. The van der Waals surface area contributed by atoms with Gasteiger partial charge in [-0.3, -0.25) is 4.99 Å². The molecule has 0 saturated carbocycles. The first-order chi connectivity index (χ1) is 8.28. The normalized spacial score (nSPS) is 20.3. The Kier molecular flexibility index (Phi) is 3.81. The summed E-state index contributed by atoms with van der Waals surface area (Å²) in [5.74, 6) is 1.36. The minimum atomic E-state index is 0.299. The maximum absolute atomic E-state index is 9.27. The van der Waals surface area contributed by atoms with Crippen molar-refractivity contribution in [2.75, 3.05) is 7.11 Å². The van der Waals surface area contributed by atoms with Crippen LogP contribution in [0.1, 0.15) is 24.8 Å². The van der Waals surface area contributed by atoms with Crippen LogP contribution in [0.3, 0.4) is 0 Å². The third-order valence-corrected chi connectivity index (χ3v) is 2.91. The van der Waals surface area contributed by atoms with Crippen molar-refractivity contribution in [3.8, 4) is 5.75 Å². The average Bonchev–Trinajstić information content (AvgIpc) is 2.39. The third-order valence-electron chi connectivity index (χ3n) is 2.91. The van der Waals surface area contributed by atoms with Crippen LogP contribution in [0.2, 0.25) is 0 Å². The number of aliphatic hydroxyl groups is 1. The first kappa shape index (κ1) is 11.7. The molecule has 0 bridgehead atoms. The van der Waals surface area contributed by atoms with Gasteiger partial charge in [0.05, 0.1) is 18.9 Å². The number of aliphatic hydroxyl groups excluding tert-OH is 1. The summed E-state index contributed by atoms with van der Waals surface area (Å²) in [7, 11) is 1.66. The summed E-state index contributed by atoms with van der Waals surface area (Å²) < 4.78 is 5.10. The molecule has 2 rings (SSSR count). The monoisotopic (exact) mass is 231 g/mol. The van der Waals surface area contributed by atoms with Crippen molar-refractivity contribution < 1.29 is 9.84 Å². The number of allylic oxidation sites excluding steroid dienone is 1. The van der Waals surface area contributed by atoms with Gasteiger partial charge < -0.3 is 9.84 Å². The molecule has 0 aliphatic heterocycles. The lowest BCUT2D eigenvalue weighted by atomic mass is 10.0. The average molecular weight is 231 g/mol. The molecule has 17 heavy (non-hydrogen) atoms. The van der Waals surface area contributed by atoms with E-state index in [1.807, 2.05) is 36.6 Å². The highest BCUT2D eigenvalue weighted by molar-refractivity contribution is 5.79. The van der Waals surface area contributed by atoms with Gasteiger partial charge in [-0.15, -0.1) is 0 Å². The molecule has 0 fully saturated rings. The Morgan fingerprint density at radius 3 is 2.71 bits per heavy atom.